The van der Waals surface area contributed by atoms with Crippen molar-refractivity contribution in [2.24, 2.45) is 17.8 Å². The van der Waals surface area contributed by atoms with Gasteiger partial charge in [0.15, 0.2) is 0 Å². The Morgan fingerprint density at radius 3 is 0.973 bits per heavy atom. The lowest BCUT2D eigenvalue weighted by molar-refractivity contribution is 0.0780. The Kier molecular flexibility index (Phi) is 10.6. The molecular formula is C73H61N. The van der Waals surface area contributed by atoms with Crippen molar-refractivity contribution < 1.29 is 0 Å². The van der Waals surface area contributed by atoms with E-state index < -0.39 is 10.8 Å². The van der Waals surface area contributed by atoms with E-state index in [1.807, 2.05) is 0 Å². The summed E-state index contributed by atoms with van der Waals surface area (Å²) in [6.07, 6.45) is 6.80. The number of anilines is 3. The van der Waals surface area contributed by atoms with Crippen LogP contribution in [0.1, 0.15) is 96.0 Å². The highest BCUT2D eigenvalue weighted by Crippen LogP contribution is 2.59. The lowest BCUT2D eigenvalue weighted by atomic mass is 9.54. The maximum absolute atomic E-state index is 2.49. The Morgan fingerprint density at radius 2 is 0.595 bits per heavy atom. The van der Waals surface area contributed by atoms with Crippen LogP contribution in [0.2, 0.25) is 0 Å². The van der Waals surface area contributed by atoms with E-state index in [2.05, 4.69) is 274 Å². The van der Waals surface area contributed by atoms with Crippen molar-refractivity contribution in [1.82, 2.24) is 0 Å². The first-order chi connectivity index (χ1) is 36.4. The molecular weight excluding hydrogens is 891 g/mol. The van der Waals surface area contributed by atoms with Crippen LogP contribution in [0.4, 0.5) is 17.1 Å². The highest BCUT2D eigenvalue weighted by Gasteiger charge is 2.48. The normalized spacial score (nSPS) is 20.4. The minimum absolute atomic E-state index is 0.324. The smallest absolute Gasteiger partial charge is 0.0713 e. The van der Waals surface area contributed by atoms with Crippen LogP contribution in [0.25, 0.3) is 33.4 Å². The molecule has 0 aromatic heterocycles. The average Bonchev–Trinajstić information content (AvgIpc) is 3.93. The molecule has 1 heteroatoms. The van der Waals surface area contributed by atoms with Crippen LogP contribution in [0.5, 0.6) is 0 Å². The SMILES string of the molecule is CC1CC2CC(C)CC(c3ccc(-c4ccc(N(c5ccc(C6(c7ccccc7)c7ccccc7-c7ccccc76)cc5)c5ccc(C6(c7ccccc7)c7ccccc7-c7ccccc76)cc5)cc4)cc3)(C1)C2. The van der Waals surface area contributed by atoms with E-state index in [0.29, 0.717) is 5.41 Å². The van der Waals surface area contributed by atoms with Gasteiger partial charge in [0.2, 0.25) is 0 Å². The second-order valence-corrected chi connectivity index (χ2v) is 22.4. The fourth-order valence-corrected chi connectivity index (χ4v) is 15.5. The van der Waals surface area contributed by atoms with Crippen molar-refractivity contribution >= 4 is 17.1 Å². The van der Waals surface area contributed by atoms with Gasteiger partial charge in [0.05, 0.1) is 10.8 Å². The van der Waals surface area contributed by atoms with Crippen LogP contribution in [0.15, 0.2) is 255 Å². The van der Waals surface area contributed by atoms with Crippen molar-refractivity contribution in [3.05, 3.63) is 305 Å². The van der Waals surface area contributed by atoms with E-state index in [-0.39, 0.29) is 0 Å². The predicted octanol–water partition coefficient (Wildman–Crippen LogP) is 18.7. The second-order valence-electron chi connectivity index (χ2n) is 22.4. The van der Waals surface area contributed by atoms with Crippen LogP contribution < -0.4 is 4.90 Å². The summed E-state index contributed by atoms with van der Waals surface area (Å²) in [7, 11) is 0. The summed E-state index contributed by atoms with van der Waals surface area (Å²) in [4.78, 5) is 2.45. The molecule has 4 aliphatic rings. The summed E-state index contributed by atoms with van der Waals surface area (Å²) in [5, 5.41) is 0. The third kappa shape index (κ3) is 6.82. The van der Waals surface area contributed by atoms with Crippen LogP contribution in [-0.4, -0.2) is 0 Å². The summed E-state index contributed by atoms with van der Waals surface area (Å²) in [5.41, 5.74) is 22.3. The lowest BCUT2D eigenvalue weighted by Gasteiger charge is -2.50. The van der Waals surface area contributed by atoms with Gasteiger partial charge in [-0.05, 0) is 175 Å². The predicted molar refractivity (Wildman–Crippen MR) is 308 cm³/mol. The summed E-state index contributed by atoms with van der Waals surface area (Å²) in [5.74, 6) is 2.46. The first-order valence-corrected chi connectivity index (χ1v) is 27.2. The van der Waals surface area contributed by atoms with E-state index in [4.69, 9.17) is 0 Å². The van der Waals surface area contributed by atoms with E-state index >= 15 is 0 Å². The third-order valence-electron chi connectivity index (χ3n) is 18.0. The molecule has 0 aliphatic heterocycles. The largest absolute Gasteiger partial charge is 0.311 e. The van der Waals surface area contributed by atoms with Crippen molar-refractivity contribution in [3.8, 4) is 33.4 Å². The fourth-order valence-electron chi connectivity index (χ4n) is 15.5. The summed E-state index contributed by atoms with van der Waals surface area (Å²) in [6, 6.07) is 96.2. The minimum Gasteiger partial charge on any atom is -0.311 e. The number of rotatable bonds is 9. The zero-order chi connectivity index (χ0) is 49.4. The molecule has 2 fully saturated rings. The van der Waals surface area contributed by atoms with Crippen molar-refractivity contribution in [1.29, 1.82) is 0 Å². The maximum Gasteiger partial charge on any atom is 0.0713 e. The number of fused-ring (bicyclic) bond motifs is 8. The van der Waals surface area contributed by atoms with Crippen molar-refractivity contribution in [3.63, 3.8) is 0 Å². The minimum atomic E-state index is -0.470. The van der Waals surface area contributed by atoms with Gasteiger partial charge < -0.3 is 4.90 Å². The zero-order valence-electron chi connectivity index (χ0n) is 42.5. The standard InChI is InChI=1S/C73H61N/c1-50-45-52-46-51(2)48-71(47-50,49-52)55-33-29-53(30-34-55)54-31-39-60(40-32-54)74(61-41-35-58(36-42-61)72(56-17-5-3-6-18-56)67-25-13-9-21-63(67)64-22-10-14-26-68(64)72)62-43-37-59(38-44-62)73(57-19-7-4-8-20-57)69-27-15-11-23-65(69)66-24-12-16-28-70(66)73/h3-44,50-52H,45-49H2,1-2H3. The number of hydrogen-bond acceptors (Lipinski definition) is 1. The highest BCUT2D eigenvalue weighted by molar-refractivity contribution is 5.89. The molecule has 74 heavy (non-hydrogen) atoms. The monoisotopic (exact) mass is 951 g/mol. The van der Waals surface area contributed by atoms with E-state index in [1.54, 1.807) is 5.56 Å². The number of hydrogen-bond donors (Lipinski definition) is 0. The first kappa shape index (κ1) is 44.7. The third-order valence-corrected chi connectivity index (χ3v) is 18.0. The van der Waals surface area contributed by atoms with Crippen LogP contribution in [-0.2, 0) is 16.2 Å². The van der Waals surface area contributed by atoms with Gasteiger partial charge in [0.25, 0.3) is 0 Å². The molecule has 0 saturated heterocycles. The van der Waals surface area contributed by atoms with Gasteiger partial charge in [-0.3, -0.25) is 0 Å². The average molecular weight is 952 g/mol. The first-order valence-electron chi connectivity index (χ1n) is 27.2. The quantitative estimate of drug-likeness (QED) is 0.139. The molecule has 1 nitrogen and oxygen atoms in total. The van der Waals surface area contributed by atoms with Gasteiger partial charge in [0.1, 0.15) is 0 Å². The topological polar surface area (TPSA) is 3.24 Å². The number of benzene rings is 10. The Hall–Kier alpha value is -8.00. The molecule has 0 radical (unpaired) electrons. The van der Waals surface area contributed by atoms with Gasteiger partial charge in [-0.25, -0.2) is 0 Å². The molecule has 0 amide bonds. The molecule has 0 heterocycles. The van der Waals surface area contributed by atoms with Gasteiger partial charge in [-0.1, -0.05) is 232 Å². The van der Waals surface area contributed by atoms with Crippen LogP contribution >= 0.6 is 0 Å². The fraction of sp³-hybridized carbons (Fsp3) is 0.178. The Bertz CT molecular complexity index is 3370. The molecule has 14 rings (SSSR count). The molecule has 0 spiro atoms. The van der Waals surface area contributed by atoms with Gasteiger partial charge in [-0.15, -0.1) is 0 Å². The molecule has 2 unspecified atom stereocenters. The van der Waals surface area contributed by atoms with Crippen LogP contribution in [0.3, 0.4) is 0 Å². The van der Waals surface area contributed by atoms with Gasteiger partial charge in [0, 0.05) is 17.1 Å². The lowest BCUT2D eigenvalue weighted by Crippen LogP contribution is -2.42. The Morgan fingerprint density at radius 1 is 0.297 bits per heavy atom. The summed E-state index contributed by atoms with van der Waals surface area (Å²) < 4.78 is 0. The molecule has 0 N–H and O–H groups in total. The second kappa shape index (κ2) is 17.6. The van der Waals surface area contributed by atoms with Gasteiger partial charge in [-0.2, -0.15) is 0 Å². The molecule has 2 atom stereocenters. The molecule has 10 aromatic carbocycles. The molecule has 358 valence electrons. The molecule has 2 bridgehead atoms. The van der Waals surface area contributed by atoms with Crippen LogP contribution in [0, 0.1) is 17.8 Å². The Labute approximate surface area is 437 Å². The molecule has 2 saturated carbocycles. The highest BCUT2D eigenvalue weighted by atomic mass is 15.1. The summed E-state index contributed by atoms with van der Waals surface area (Å²) >= 11 is 0. The number of nitrogens with zero attached hydrogens (tertiary/aromatic N) is 1. The van der Waals surface area contributed by atoms with E-state index in [0.717, 1.165) is 34.8 Å². The van der Waals surface area contributed by atoms with E-state index in [1.165, 1.54) is 110 Å². The van der Waals surface area contributed by atoms with Crippen molar-refractivity contribution in [2.45, 2.75) is 62.2 Å². The van der Waals surface area contributed by atoms with E-state index in [9.17, 15) is 0 Å². The van der Waals surface area contributed by atoms with Gasteiger partial charge >= 0.3 is 0 Å². The summed E-state index contributed by atoms with van der Waals surface area (Å²) in [6.45, 7) is 4.98. The maximum atomic E-state index is 2.49. The molecule has 4 aliphatic carbocycles. The van der Waals surface area contributed by atoms with Crippen molar-refractivity contribution in [2.75, 3.05) is 4.90 Å². The molecule has 10 aromatic rings. The zero-order valence-corrected chi connectivity index (χ0v) is 42.5. The Balaban J connectivity index is 0.888.